The summed E-state index contributed by atoms with van der Waals surface area (Å²) in [7, 11) is 0. The molecule has 148 valence electrons. The Kier molecular flexibility index (Phi) is 5.51. The summed E-state index contributed by atoms with van der Waals surface area (Å²) in [5.74, 6) is 1.33. The second kappa shape index (κ2) is 8.21. The summed E-state index contributed by atoms with van der Waals surface area (Å²) in [5, 5.41) is 0. The van der Waals surface area contributed by atoms with Crippen LogP contribution in [0.25, 0.3) is 0 Å². The van der Waals surface area contributed by atoms with Crippen LogP contribution >= 0.6 is 0 Å². The second-order valence-corrected chi connectivity index (χ2v) is 8.27. The van der Waals surface area contributed by atoms with Crippen LogP contribution in [0.4, 0.5) is 11.4 Å². The van der Waals surface area contributed by atoms with Crippen molar-refractivity contribution >= 4 is 17.3 Å². The van der Waals surface area contributed by atoms with Gasteiger partial charge in [-0.1, -0.05) is 19.1 Å². The van der Waals surface area contributed by atoms with Gasteiger partial charge in [0.15, 0.2) is 0 Å². The third kappa shape index (κ3) is 3.98. The first-order valence-electron chi connectivity index (χ1n) is 10.5. The van der Waals surface area contributed by atoms with Gasteiger partial charge in [-0.2, -0.15) is 0 Å². The van der Waals surface area contributed by atoms with Crippen LogP contribution in [0.5, 0.6) is 0 Å². The number of hydrogen-bond acceptors (Lipinski definition) is 4. The number of carbonyl (C=O) groups excluding carboxylic acids is 1. The summed E-state index contributed by atoms with van der Waals surface area (Å²) in [6.45, 7) is 6.07. The summed E-state index contributed by atoms with van der Waals surface area (Å²) in [6, 6.07) is 12.0. The zero-order chi connectivity index (χ0) is 19.5. The molecule has 0 atom stereocenters. The van der Waals surface area contributed by atoms with Crippen molar-refractivity contribution in [3.05, 3.63) is 53.9 Å². The topological polar surface area (TPSA) is 62.5 Å². The van der Waals surface area contributed by atoms with Gasteiger partial charge >= 0.3 is 0 Å². The highest BCUT2D eigenvalue weighted by Gasteiger charge is 2.26. The molecule has 5 heteroatoms. The van der Waals surface area contributed by atoms with Crippen LogP contribution in [-0.2, 0) is 0 Å². The van der Waals surface area contributed by atoms with Gasteiger partial charge in [0.2, 0.25) is 0 Å². The van der Waals surface area contributed by atoms with Gasteiger partial charge < -0.3 is 15.5 Å². The monoisotopic (exact) mass is 378 g/mol. The Balaban J connectivity index is 1.42. The van der Waals surface area contributed by atoms with Gasteiger partial charge in [-0.15, -0.1) is 0 Å². The number of rotatable bonds is 3. The van der Waals surface area contributed by atoms with Crippen molar-refractivity contribution in [3.8, 4) is 0 Å². The number of pyridine rings is 1. The van der Waals surface area contributed by atoms with E-state index in [0.29, 0.717) is 11.6 Å². The summed E-state index contributed by atoms with van der Waals surface area (Å²) in [5.41, 5.74) is 10.3. The minimum atomic E-state index is 0.0412. The van der Waals surface area contributed by atoms with Crippen LogP contribution in [0, 0.1) is 5.92 Å². The molecule has 2 aromatic rings. The zero-order valence-electron chi connectivity index (χ0n) is 16.7. The van der Waals surface area contributed by atoms with Crippen molar-refractivity contribution in [3.63, 3.8) is 0 Å². The molecule has 0 radical (unpaired) electrons. The highest BCUT2D eigenvalue weighted by atomic mass is 16.2. The van der Waals surface area contributed by atoms with E-state index in [9.17, 15) is 4.79 Å². The predicted octanol–water partition coefficient (Wildman–Crippen LogP) is 3.92. The van der Waals surface area contributed by atoms with E-state index in [2.05, 4.69) is 35.0 Å². The SMILES string of the molecule is CC1CCN(c2cc(C3CCN(C(=O)c4ccccn4)CC3)ccc2N)CC1. The minimum absolute atomic E-state index is 0.0412. The quantitative estimate of drug-likeness (QED) is 0.823. The molecule has 0 aliphatic carbocycles. The van der Waals surface area contributed by atoms with Crippen molar-refractivity contribution < 1.29 is 4.79 Å². The fourth-order valence-corrected chi connectivity index (χ4v) is 4.41. The van der Waals surface area contributed by atoms with Crippen LogP contribution in [-0.4, -0.2) is 42.0 Å². The number of nitrogen functional groups attached to an aromatic ring is 1. The highest BCUT2D eigenvalue weighted by molar-refractivity contribution is 5.92. The Hall–Kier alpha value is -2.56. The second-order valence-electron chi connectivity index (χ2n) is 8.27. The van der Waals surface area contributed by atoms with Crippen LogP contribution < -0.4 is 10.6 Å². The molecule has 2 aliphatic rings. The van der Waals surface area contributed by atoms with Gasteiger partial charge in [-0.25, -0.2) is 0 Å². The molecule has 1 amide bonds. The van der Waals surface area contributed by atoms with Crippen molar-refractivity contribution in [2.75, 3.05) is 36.8 Å². The van der Waals surface area contributed by atoms with Crippen molar-refractivity contribution in [1.82, 2.24) is 9.88 Å². The lowest BCUT2D eigenvalue weighted by atomic mass is 9.88. The molecule has 2 saturated heterocycles. The van der Waals surface area contributed by atoms with Gasteiger partial charge in [-0.3, -0.25) is 9.78 Å². The standard InChI is InChI=1S/C23H30N4O/c1-17-7-12-26(13-8-17)22-16-19(5-6-20(22)24)18-9-14-27(15-10-18)23(28)21-4-2-3-11-25-21/h2-6,11,16-18H,7-10,12-15,24H2,1H3. The molecule has 4 rings (SSSR count). The number of nitrogens with two attached hydrogens (primary N) is 1. The maximum Gasteiger partial charge on any atom is 0.272 e. The number of nitrogens with zero attached hydrogens (tertiary/aromatic N) is 3. The minimum Gasteiger partial charge on any atom is -0.397 e. The average Bonchev–Trinajstić information content (AvgIpc) is 2.75. The van der Waals surface area contributed by atoms with E-state index in [-0.39, 0.29) is 5.91 Å². The van der Waals surface area contributed by atoms with Gasteiger partial charge in [0, 0.05) is 32.4 Å². The van der Waals surface area contributed by atoms with Gasteiger partial charge in [0.1, 0.15) is 5.69 Å². The van der Waals surface area contributed by atoms with E-state index in [1.165, 1.54) is 24.1 Å². The van der Waals surface area contributed by atoms with Crippen LogP contribution in [0.3, 0.4) is 0 Å². The van der Waals surface area contributed by atoms with Gasteiger partial charge in [-0.05, 0) is 67.3 Å². The molecular weight excluding hydrogens is 348 g/mol. The normalized spacial score (nSPS) is 19.0. The highest BCUT2D eigenvalue weighted by Crippen LogP contribution is 2.35. The van der Waals surface area contributed by atoms with E-state index in [4.69, 9.17) is 5.73 Å². The molecule has 0 saturated carbocycles. The van der Waals surface area contributed by atoms with Crippen LogP contribution in [0.1, 0.15) is 54.6 Å². The third-order valence-corrected chi connectivity index (χ3v) is 6.32. The Labute approximate surface area is 167 Å². The zero-order valence-corrected chi connectivity index (χ0v) is 16.7. The number of amides is 1. The van der Waals surface area contributed by atoms with E-state index < -0.39 is 0 Å². The van der Waals surface area contributed by atoms with E-state index in [0.717, 1.165) is 50.6 Å². The lowest BCUT2D eigenvalue weighted by molar-refractivity contribution is 0.0707. The van der Waals surface area contributed by atoms with Gasteiger partial charge in [0.05, 0.1) is 11.4 Å². The van der Waals surface area contributed by atoms with Crippen molar-refractivity contribution in [2.45, 2.75) is 38.5 Å². The molecule has 2 N–H and O–H groups in total. The molecule has 0 unspecified atom stereocenters. The summed E-state index contributed by atoms with van der Waals surface area (Å²) < 4.78 is 0. The Morgan fingerprint density at radius 2 is 1.79 bits per heavy atom. The number of anilines is 2. The Morgan fingerprint density at radius 3 is 2.46 bits per heavy atom. The number of hydrogen-bond donors (Lipinski definition) is 1. The number of aromatic nitrogens is 1. The number of benzene rings is 1. The molecule has 1 aromatic carbocycles. The summed E-state index contributed by atoms with van der Waals surface area (Å²) in [4.78, 5) is 21.2. The van der Waals surface area contributed by atoms with Gasteiger partial charge in [0.25, 0.3) is 5.91 Å². The molecule has 2 fully saturated rings. The first-order chi connectivity index (χ1) is 13.6. The van der Waals surface area contributed by atoms with Crippen molar-refractivity contribution in [1.29, 1.82) is 0 Å². The first-order valence-corrected chi connectivity index (χ1v) is 10.5. The molecule has 0 spiro atoms. The third-order valence-electron chi connectivity index (χ3n) is 6.32. The number of piperidine rings is 2. The molecule has 0 bridgehead atoms. The maximum atomic E-state index is 12.6. The molecule has 1 aromatic heterocycles. The smallest absolute Gasteiger partial charge is 0.272 e. The molecule has 3 heterocycles. The van der Waals surface area contributed by atoms with Crippen LogP contribution in [0.2, 0.25) is 0 Å². The molecule has 28 heavy (non-hydrogen) atoms. The molecule has 5 nitrogen and oxygen atoms in total. The van der Waals surface area contributed by atoms with E-state index in [1.807, 2.05) is 17.0 Å². The average molecular weight is 379 g/mol. The maximum absolute atomic E-state index is 12.6. The Bertz CT molecular complexity index is 807. The summed E-state index contributed by atoms with van der Waals surface area (Å²) in [6.07, 6.45) is 6.12. The predicted molar refractivity (Wildman–Crippen MR) is 114 cm³/mol. The molecule has 2 aliphatic heterocycles. The fraction of sp³-hybridized carbons (Fsp3) is 0.478. The number of carbonyl (C=O) groups is 1. The first kappa shape index (κ1) is 18.8. The van der Waals surface area contributed by atoms with E-state index in [1.54, 1.807) is 12.3 Å². The summed E-state index contributed by atoms with van der Waals surface area (Å²) >= 11 is 0. The Morgan fingerprint density at radius 1 is 1.04 bits per heavy atom. The number of likely N-dealkylation sites (tertiary alicyclic amines) is 1. The van der Waals surface area contributed by atoms with Crippen molar-refractivity contribution in [2.24, 2.45) is 5.92 Å². The fourth-order valence-electron chi connectivity index (χ4n) is 4.41. The van der Waals surface area contributed by atoms with Crippen LogP contribution in [0.15, 0.2) is 42.6 Å². The lowest BCUT2D eigenvalue weighted by Gasteiger charge is -2.35. The lowest BCUT2D eigenvalue weighted by Crippen LogP contribution is -2.38. The largest absolute Gasteiger partial charge is 0.397 e. The molecular formula is C23H30N4O. The van der Waals surface area contributed by atoms with E-state index >= 15 is 0 Å².